The van der Waals surface area contributed by atoms with Crippen LogP contribution in [0.15, 0.2) is 0 Å². The van der Waals surface area contributed by atoms with Gasteiger partial charge in [0.05, 0.1) is 0 Å². The van der Waals surface area contributed by atoms with Crippen LogP contribution in [0.2, 0.25) is 0 Å². The highest BCUT2D eigenvalue weighted by Crippen LogP contribution is 2.19. The summed E-state index contributed by atoms with van der Waals surface area (Å²) in [6.07, 6.45) is 53.7. The maximum Gasteiger partial charge on any atom is 0.306 e. The van der Waals surface area contributed by atoms with Gasteiger partial charge in [0.15, 0.2) is 6.10 Å². The maximum atomic E-state index is 12.8. The van der Waals surface area contributed by atoms with Crippen LogP contribution in [0.5, 0.6) is 0 Å². The number of ether oxygens (including phenoxy) is 3. The highest BCUT2D eigenvalue weighted by atomic mass is 16.6. The van der Waals surface area contributed by atoms with E-state index in [0.29, 0.717) is 19.3 Å². The van der Waals surface area contributed by atoms with Crippen LogP contribution < -0.4 is 0 Å². The van der Waals surface area contributed by atoms with Crippen LogP contribution in [0.3, 0.4) is 0 Å². The topological polar surface area (TPSA) is 78.9 Å². The van der Waals surface area contributed by atoms with Crippen LogP contribution in [0.4, 0.5) is 0 Å². The van der Waals surface area contributed by atoms with Gasteiger partial charge in [-0.25, -0.2) is 0 Å². The van der Waals surface area contributed by atoms with Crippen LogP contribution in [-0.2, 0) is 28.6 Å². The highest BCUT2D eigenvalue weighted by Gasteiger charge is 2.19. The van der Waals surface area contributed by atoms with E-state index in [9.17, 15) is 14.4 Å². The smallest absolute Gasteiger partial charge is 0.306 e. The van der Waals surface area contributed by atoms with Gasteiger partial charge < -0.3 is 14.2 Å². The van der Waals surface area contributed by atoms with Gasteiger partial charge in [-0.05, 0) is 31.1 Å². The Labute approximate surface area is 399 Å². The van der Waals surface area contributed by atoms with Gasteiger partial charge in [-0.15, -0.1) is 0 Å². The molecule has 6 heteroatoms. The minimum atomic E-state index is -0.763. The number of unbranched alkanes of at least 4 members (excludes halogenated alkanes) is 35. The second-order valence-corrected chi connectivity index (χ2v) is 20.4. The number of hydrogen-bond donors (Lipinski definition) is 0. The molecule has 3 atom stereocenters. The monoisotopic (exact) mass is 905 g/mol. The molecular formula is C58H112O6. The Hall–Kier alpha value is -1.59. The third-order valence-electron chi connectivity index (χ3n) is 13.9. The summed E-state index contributed by atoms with van der Waals surface area (Å²) in [4.78, 5) is 38.1. The molecule has 0 aliphatic heterocycles. The van der Waals surface area contributed by atoms with E-state index in [2.05, 4.69) is 34.6 Å². The molecule has 0 amide bonds. The Balaban J connectivity index is 4.28. The molecule has 0 aromatic heterocycles. The first kappa shape index (κ1) is 62.4. The van der Waals surface area contributed by atoms with Crippen molar-refractivity contribution in [2.24, 2.45) is 11.8 Å². The first-order valence-corrected chi connectivity index (χ1v) is 28.8. The van der Waals surface area contributed by atoms with E-state index >= 15 is 0 Å². The van der Waals surface area contributed by atoms with Gasteiger partial charge in [-0.1, -0.05) is 285 Å². The summed E-state index contributed by atoms with van der Waals surface area (Å²) in [5.41, 5.74) is 0. The lowest BCUT2D eigenvalue weighted by Crippen LogP contribution is -2.30. The Morgan fingerprint density at radius 1 is 0.312 bits per heavy atom. The summed E-state index contributed by atoms with van der Waals surface area (Å²) in [5.74, 6) is 0.899. The third kappa shape index (κ3) is 48.3. The van der Waals surface area contributed by atoms with Crippen molar-refractivity contribution in [3.8, 4) is 0 Å². The van der Waals surface area contributed by atoms with Crippen molar-refractivity contribution < 1.29 is 28.6 Å². The average molecular weight is 906 g/mol. The predicted molar refractivity (Wildman–Crippen MR) is 275 cm³/mol. The molecule has 64 heavy (non-hydrogen) atoms. The number of rotatable bonds is 52. The highest BCUT2D eigenvalue weighted by molar-refractivity contribution is 5.71. The largest absolute Gasteiger partial charge is 0.462 e. The van der Waals surface area contributed by atoms with E-state index < -0.39 is 6.10 Å². The lowest BCUT2D eigenvalue weighted by molar-refractivity contribution is -0.167. The fourth-order valence-electron chi connectivity index (χ4n) is 8.81. The molecule has 2 unspecified atom stereocenters. The molecule has 0 bridgehead atoms. The average Bonchev–Trinajstić information content (AvgIpc) is 3.29. The van der Waals surface area contributed by atoms with Gasteiger partial charge in [-0.2, -0.15) is 0 Å². The fourth-order valence-corrected chi connectivity index (χ4v) is 8.81. The first-order chi connectivity index (χ1) is 31.3. The van der Waals surface area contributed by atoms with Gasteiger partial charge in [-0.3, -0.25) is 14.4 Å². The molecule has 0 aliphatic carbocycles. The molecular weight excluding hydrogens is 793 g/mol. The molecule has 0 aromatic rings. The fraction of sp³-hybridized carbons (Fsp3) is 0.948. The van der Waals surface area contributed by atoms with Gasteiger partial charge in [0, 0.05) is 19.3 Å². The minimum absolute atomic E-state index is 0.0632. The Morgan fingerprint density at radius 3 is 0.812 bits per heavy atom. The van der Waals surface area contributed by atoms with Crippen molar-refractivity contribution in [3.05, 3.63) is 0 Å². The van der Waals surface area contributed by atoms with Gasteiger partial charge in [0.25, 0.3) is 0 Å². The quantitative estimate of drug-likeness (QED) is 0.0344. The van der Waals surface area contributed by atoms with Crippen molar-refractivity contribution in [3.63, 3.8) is 0 Å². The van der Waals surface area contributed by atoms with Crippen molar-refractivity contribution in [2.75, 3.05) is 13.2 Å². The lowest BCUT2D eigenvalue weighted by Gasteiger charge is -2.18. The molecule has 0 rings (SSSR count). The minimum Gasteiger partial charge on any atom is -0.462 e. The van der Waals surface area contributed by atoms with Crippen LogP contribution in [0, 0.1) is 11.8 Å². The second-order valence-electron chi connectivity index (χ2n) is 20.4. The second kappa shape index (κ2) is 50.8. The normalized spacial score (nSPS) is 12.9. The molecule has 0 heterocycles. The summed E-state index contributed by atoms with van der Waals surface area (Å²) in [5, 5.41) is 0. The molecule has 0 saturated carbocycles. The van der Waals surface area contributed by atoms with Crippen LogP contribution in [0.25, 0.3) is 0 Å². The van der Waals surface area contributed by atoms with E-state index in [4.69, 9.17) is 14.2 Å². The van der Waals surface area contributed by atoms with E-state index in [1.807, 2.05) is 0 Å². The zero-order valence-corrected chi connectivity index (χ0v) is 43.9. The maximum absolute atomic E-state index is 12.8. The molecule has 0 aromatic carbocycles. The molecule has 0 aliphatic rings. The third-order valence-corrected chi connectivity index (χ3v) is 13.9. The van der Waals surface area contributed by atoms with Crippen molar-refractivity contribution in [1.82, 2.24) is 0 Å². The van der Waals surface area contributed by atoms with Crippen LogP contribution in [-0.4, -0.2) is 37.2 Å². The van der Waals surface area contributed by atoms with Crippen LogP contribution in [0.1, 0.15) is 324 Å². The van der Waals surface area contributed by atoms with Crippen molar-refractivity contribution in [1.29, 1.82) is 0 Å². The Kier molecular flexibility index (Phi) is 49.6. The van der Waals surface area contributed by atoms with E-state index in [0.717, 1.165) is 69.6 Å². The summed E-state index contributed by atoms with van der Waals surface area (Å²) in [6, 6.07) is 0. The van der Waals surface area contributed by atoms with E-state index in [1.54, 1.807) is 0 Å². The Bertz CT molecular complexity index is 982. The standard InChI is InChI=1S/C58H112O6/c1-6-9-10-11-12-13-14-15-16-17-21-24-27-33-38-43-48-56(59)62-51-55(64-58(61)50-45-40-35-30-29-32-37-42-47-54(5)8-3)52-63-57(60)49-44-39-34-28-25-22-19-18-20-23-26-31-36-41-46-53(4)7-2/h53-55H,6-52H2,1-5H3/t53?,54?,55-/m1/s1. The molecule has 6 nitrogen and oxygen atoms in total. The Morgan fingerprint density at radius 2 is 0.547 bits per heavy atom. The predicted octanol–water partition coefficient (Wildman–Crippen LogP) is 18.9. The zero-order chi connectivity index (χ0) is 46.8. The number of carbonyl (C=O) groups is 3. The SMILES string of the molecule is CCCCCCCCCCCCCCCCCCC(=O)OC[C@H](COC(=O)CCCCCCCCCCCCCCCCC(C)CC)OC(=O)CCCCCCCCCCC(C)CC. The first-order valence-electron chi connectivity index (χ1n) is 28.8. The lowest BCUT2D eigenvalue weighted by atomic mass is 9.99. The van der Waals surface area contributed by atoms with Crippen molar-refractivity contribution in [2.45, 2.75) is 330 Å². The molecule has 0 fully saturated rings. The summed E-state index contributed by atoms with van der Waals surface area (Å²) >= 11 is 0. The molecule has 0 saturated heterocycles. The van der Waals surface area contributed by atoms with E-state index in [1.165, 1.54) is 212 Å². The summed E-state index contributed by atoms with van der Waals surface area (Å²) in [6.45, 7) is 11.4. The zero-order valence-electron chi connectivity index (χ0n) is 43.9. The number of hydrogen-bond acceptors (Lipinski definition) is 6. The number of esters is 3. The molecule has 0 spiro atoms. The van der Waals surface area contributed by atoms with Gasteiger partial charge in [0.1, 0.15) is 13.2 Å². The van der Waals surface area contributed by atoms with Gasteiger partial charge >= 0.3 is 17.9 Å². The van der Waals surface area contributed by atoms with Crippen LogP contribution >= 0.6 is 0 Å². The van der Waals surface area contributed by atoms with E-state index in [-0.39, 0.29) is 31.1 Å². The van der Waals surface area contributed by atoms with Crippen molar-refractivity contribution >= 4 is 17.9 Å². The molecule has 380 valence electrons. The van der Waals surface area contributed by atoms with Gasteiger partial charge in [0.2, 0.25) is 0 Å². The number of carbonyl (C=O) groups excluding carboxylic acids is 3. The summed E-state index contributed by atoms with van der Waals surface area (Å²) < 4.78 is 16.9. The molecule has 0 N–H and O–H groups in total. The summed E-state index contributed by atoms with van der Waals surface area (Å²) in [7, 11) is 0. The molecule has 0 radical (unpaired) electrons.